The van der Waals surface area contributed by atoms with Gasteiger partial charge in [0.25, 0.3) is 0 Å². The van der Waals surface area contributed by atoms with Crippen molar-refractivity contribution in [1.29, 1.82) is 0 Å². The molecule has 0 fully saturated rings. The Hall–Kier alpha value is -1.03. The minimum atomic E-state index is 0.0830. The molecule has 1 aromatic carbocycles. The van der Waals surface area contributed by atoms with Crippen molar-refractivity contribution in [2.24, 2.45) is 0 Å². The largest absolute Gasteiger partial charge is 0.497 e. The molecule has 1 N–H and O–H groups in total. The molecular weight excluding hydrogens is 258 g/mol. The van der Waals surface area contributed by atoms with Crippen molar-refractivity contribution in [1.82, 2.24) is 0 Å². The van der Waals surface area contributed by atoms with Gasteiger partial charge in [0, 0.05) is 10.9 Å². The molecule has 3 nitrogen and oxygen atoms in total. The number of rotatable bonds is 1. The van der Waals surface area contributed by atoms with Crippen molar-refractivity contribution in [3.8, 4) is 5.75 Å². The lowest BCUT2D eigenvalue weighted by Crippen LogP contribution is -2.09. The van der Waals surface area contributed by atoms with Crippen LogP contribution in [0.4, 0.5) is 5.69 Å². The van der Waals surface area contributed by atoms with Crippen LogP contribution >= 0.6 is 15.9 Å². The molecule has 1 heterocycles. The van der Waals surface area contributed by atoms with Gasteiger partial charge in [-0.05, 0) is 46.5 Å². The summed E-state index contributed by atoms with van der Waals surface area (Å²) in [5.74, 6) is 0.899. The third kappa shape index (κ3) is 2.15. The summed E-state index contributed by atoms with van der Waals surface area (Å²) in [6.07, 6.45) is 2.38. The topological polar surface area (TPSA) is 38.3 Å². The lowest BCUT2D eigenvalue weighted by atomic mass is 10.1. The van der Waals surface area contributed by atoms with E-state index in [1.807, 2.05) is 12.1 Å². The van der Waals surface area contributed by atoms with Crippen molar-refractivity contribution < 1.29 is 9.53 Å². The highest BCUT2D eigenvalue weighted by Gasteiger charge is 2.16. The van der Waals surface area contributed by atoms with Gasteiger partial charge in [-0.1, -0.05) is 0 Å². The fourth-order valence-electron chi connectivity index (χ4n) is 1.73. The number of carbonyl (C=O) groups excluding carboxylic acids is 1. The first-order valence-corrected chi connectivity index (χ1v) is 5.66. The molecule has 1 aliphatic heterocycles. The maximum atomic E-state index is 11.4. The van der Waals surface area contributed by atoms with Crippen molar-refractivity contribution in [3.05, 3.63) is 22.2 Å². The van der Waals surface area contributed by atoms with Crippen LogP contribution in [0.25, 0.3) is 0 Å². The SMILES string of the molecule is COc1cc(Br)c2c(c1)CCCC(=O)N2. The second-order valence-electron chi connectivity index (χ2n) is 3.55. The fraction of sp³-hybridized carbons (Fsp3) is 0.364. The zero-order valence-electron chi connectivity index (χ0n) is 8.47. The fourth-order valence-corrected chi connectivity index (χ4v) is 2.31. The Morgan fingerprint density at radius 1 is 1.40 bits per heavy atom. The summed E-state index contributed by atoms with van der Waals surface area (Å²) in [4.78, 5) is 11.4. The number of hydrogen-bond acceptors (Lipinski definition) is 2. The van der Waals surface area contributed by atoms with Crippen LogP contribution in [0.3, 0.4) is 0 Å². The van der Waals surface area contributed by atoms with Crippen LogP contribution in [0, 0.1) is 0 Å². The molecule has 15 heavy (non-hydrogen) atoms. The molecule has 0 aromatic heterocycles. The van der Waals surface area contributed by atoms with Gasteiger partial charge in [0.15, 0.2) is 0 Å². The van der Waals surface area contributed by atoms with Crippen LogP contribution in [0.5, 0.6) is 5.75 Å². The van der Waals surface area contributed by atoms with Gasteiger partial charge in [0.05, 0.1) is 12.8 Å². The summed E-state index contributed by atoms with van der Waals surface area (Å²) in [6.45, 7) is 0. The zero-order chi connectivity index (χ0) is 10.8. The Balaban J connectivity index is 2.46. The number of aryl methyl sites for hydroxylation is 1. The molecule has 0 saturated heterocycles. The van der Waals surface area contributed by atoms with E-state index in [0.717, 1.165) is 34.3 Å². The summed E-state index contributed by atoms with van der Waals surface area (Å²) in [6, 6.07) is 3.84. The van der Waals surface area contributed by atoms with Gasteiger partial charge in [-0.3, -0.25) is 4.79 Å². The number of fused-ring (bicyclic) bond motifs is 1. The van der Waals surface area contributed by atoms with E-state index < -0.39 is 0 Å². The number of hydrogen-bond donors (Lipinski definition) is 1. The number of anilines is 1. The average Bonchev–Trinajstić information content (AvgIpc) is 2.39. The van der Waals surface area contributed by atoms with E-state index >= 15 is 0 Å². The normalized spacial score (nSPS) is 15.2. The Kier molecular flexibility index (Phi) is 2.95. The van der Waals surface area contributed by atoms with Crippen LogP contribution < -0.4 is 10.1 Å². The molecule has 0 radical (unpaired) electrons. The Morgan fingerprint density at radius 2 is 2.20 bits per heavy atom. The van der Waals surface area contributed by atoms with Crippen molar-refractivity contribution in [3.63, 3.8) is 0 Å². The molecule has 1 aromatic rings. The van der Waals surface area contributed by atoms with Crippen molar-refractivity contribution in [2.75, 3.05) is 12.4 Å². The van der Waals surface area contributed by atoms with Gasteiger partial charge in [-0.25, -0.2) is 0 Å². The first-order valence-electron chi connectivity index (χ1n) is 4.87. The highest BCUT2D eigenvalue weighted by molar-refractivity contribution is 9.10. The van der Waals surface area contributed by atoms with Gasteiger partial charge in [-0.2, -0.15) is 0 Å². The summed E-state index contributed by atoms with van der Waals surface area (Å²) >= 11 is 3.44. The van der Waals surface area contributed by atoms with Crippen LogP contribution in [-0.2, 0) is 11.2 Å². The Labute approximate surface area is 96.9 Å². The molecule has 0 atom stereocenters. The summed E-state index contributed by atoms with van der Waals surface area (Å²) < 4.78 is 6.07. The first kappa shape index (κ1) is 10.5. The summed E-state index contributed by atoms with van der Waals surface area (Å²) in [5.41, 5.74) is 2.02. The molecule has 0 saturated carbocycles. The second-order valence-corrected chi connectivity index (χ2v) is 4.40. The van der Waals surface area contributed by atoms with Crippen LogP contribution in [0.1, 0.15) is 18.4 Å². The van der Waals surface area contributed by atoms with E-state index in [9.17, 15) is 4.79 Å². The molecule has 1 aliphatic rings. The second kappa shape index (κ2) is 4.23. The van der Waals surface area contributed by atoms with E-state index in [1.165, 1.54) is 0 Å². The quantitative estimate of drug-likeness (QED) is 0.852. The predicted molar refractivity (Wildman–Crippen MR) is 62.3 cm³/mol. The molecule has 0 aliphatic carbocycles. The number of nitrogens with one attached hydrogen (secondary N) is 1. The van der Waals surface area contributed by atoms with Gasteiger partial charge in [-0.15, -0.1) is 0 Å². The van der Waals surface area contributed by atoms with E-state index in [2.05, 4.69) is 21.2 Å². The van der Waals surface area contributed by atoms with Gasteiger partial charge in [0.1, 0.15) is 5.75 Å². The maximum Gasteiger partial charge on any atom is 0.224 e. The third-order valence-corrected chi connectivity index (χ3v) is 3.12. The molecular formula is C11H12BrNO2. The van der Waals surface area contributed by atoms with E-state index in [4.69, 9.17) is 4.74 Å². The number of carbonyl (C=O) groups is 1. The molecule has 1 amide bonds. The minimum absolute atomic E-state index is 0.0830. The zero-order valence-corrected chi connectivity index (χ0v) is 10.1. The summed E-state index contributed by atoms with van der Waals surface area (Å²) in [7, 11) is 1.64. The number of amides is 1. The lowest BCUT2D eigenvalue weighted by molar-refractivity contribution is -0.116. The molecule has 0 spiro atoms. The van der Waals surface area contributed by atoms with Gasteiger partial charge < -0.3 is 10.1 Å². The van der Waals surface area contributed by atoms with Crippen LogP contribution in [-0.4, -0.2) is 13.0 Å². The Bertz CT molecular complexity index is 404. The number of methoxy groups -OCH3 is 1. The smallest absolute Gasteiger partial charge is 0.224 e. The van der Waals surface area contributed by atoms with E-state index in [1.54, 1.807) is 7.11 Å². The highest BCUT2D eigenvalue weighted by Crippen LogP contribution is 2.34. The minimum Gasteiger partial charge on any atom is -0.497 e. The average molecular weight is 270 g/mol. The molecule has 0 unspecified atom stereocenters. The Morgan fingerprint density at radius 3 is 2.93 bits per heavy atom. The van der Waals surface area contributed by atoms with Crippen LogP contribution in [0.2, 0.25) is 0 Å². The number of halogens is 1. The predicted octanol–water partition coefficient (Wildman–Crippen LogP) is 2.73. The molecule has 2 rings (SSSR count). The molecule has 4 heteroatoms. The number of ether oxygens (including phenoxy) is 1. The monoisotopic (exact) mass is 269 g/mol. The van der Waals surface area contributed by atoms with Crippen molar-refractivity contribution >= 4 is 27.5 Å². The third-order valence-electron chi connectivity index (χ3n) is 2.50. The number of benzene rings is 1. The van der Waals surface area contributed by atoms with Crippen molar-refractivity contribution in [2.45, 2.75) is 19.3 Å². The van der Waals surface area contributed by atoms with Crippen LogP contribution in [0.15, 0.2) is 16.6 Å². The van der Waals surface area contributed by atoms with Gasteiger partial charge >= 0.3 is 0 Å². The lowest BCUT2D eigenvalue weighted by Gasteiger charge is -2.11. The van der Waals surface area contributed by atoms with E-state index in [0.29, 0.717) is 6.42 Å². The summed E-state index contributed by atoms with van der Waals surface area (Å²) in [5, 5.41) is 2.90. The molecule has 0 bridgehead atoms. The van der Waals surface area contributed by atoms with E-state index in [-0.39, 0.29) is 5.91 Å². The van der Waals surface area contributed by atoms with Gasteiger partial charge in [0.2, 0.25) is 5.91 Å². The first-order chi connectivity index (χ1) is 7.20. The highest BCUT2D eigenvalue weighted by atomic mass is 79.9. The maximum absolute atomic E-state index is 11.4. The standard InChI is InChI=1S/C11H12BrNO2/c1-15-8-5-7-3-2-4-10(14)13-11(7)9(12)6-8/h5-6H,2-4H2,1H3,(H,13,14). The molecule has 80 valence electrons.